The number of hydrogen-bond donors (Lipinski definition) is 2. The standard InChI is InChI=1S/C15H22N2OS/c1-3-11-19-13-7-5-12(6-8-13)17-14(18)15(2)9-4-10-16-15/h5-8,16H,3-4,9-11H2,1-2H3,(H,17,18)/t15-/m0/s1. The van der Waals surface area contributed by atoms with Crippen LogP contribution in [0.5, 0.6) is 0 Å². The topological polar surface area (TPSA) is 41.1 Å². The first-order chi connectivity index (χ1) is 9.14. The molecular weight excluding hydrogens is 256 g/mol. The summed E-state index contributed by atoms with van der Waals surface area (Å²) >= 11 is 1.85. The molecule has 2 N–H and O–H groups in total. The van der Waals surface area contributed by atoms with Crippen molar-refractivity contribution in [3.05, 3.63) is 24.3 Å². The highest BCUT2D eigenvalue weighted by Gasteiger charge is 2.35. The molecule has 4 heteroatoms. The minimum absolute atomic E-state index is 0.0685. The molecule has 1 amide bonds. The van der Waals surface area contributed by atoms with Crippen LogP contribution < -0.4 is 10.6 Å². The highest BCUT2D eigenvalue weighted by molar-refractivity contribution is 7.99. The van der Waals surface area contributed by atoms with Gasteiger partial charge in [-0.2, -0.15) is 0 Å². The maximum atomic E-state index is 12.2. The molecule has 0 saturated carbocycles. The Hall–Kier alpha value is -1.00. The predicted molar refractivity (Wildman–Crippen MR) is 81.7 cm³/mol. The normalized spacial score (nSPS) is 22.4. The summed E-state index contributed by atoms with van der Waals surface area (Å²) in [7, 11) is 0. The average Bonchev–Trinajstić information content (AvgIpc) is 2.86. The Bertz CT molecular complexity index is 424. The zero-order valence-electron chi connectivity index (χ0n) is 11.7. The third kappa shape index (κ3) is 3.74. The predicted octanol–water partition coefficient (Wildman–Crippen LogP) is 3.27. The van der Waals surface area contributed by atoms with Crippen LogP contribution in [0.3, 0.4) is 0 Å². The number of carbonyl (C=O) groups excluding carboxylic acids is 1. The second-order valence-corrected chi connectivity index (χ2v) is 6.36. The Morgan fingerprint density at radius 2 is 2.16 bits per heavy atom. The molecule has 1 aromatic carbocycles. The molecule has 3 nitrogen and oxygen atoms in total. The fourth-order valence-corrected chi connectivity index (χ4v) is 2.98. The van der Waals surface area contributed by atoms with E-state index in [1.807, 2.05) is 30.8 Å². The van der Waals surface area contributed by atoms with Gasteiger partial charge in [0.05, 0.1) is 5.54 Å². The Labute approximate surface area is 119 Å². The van der Waals surface area contributed by atoms with Crippen molar-refractivity contribution >= 4 is 23.4 Å². The van der Waals surface area contributed by atoms with Crippen molar-refractivity contribution in [3.8, 4) is 0 Å². The van der Waals surface area contributed by atoms with Crippen LogP contribution in [0.2, 0.25) is 0 Å². The first kappa shape index (κ1) is 14.4. The molecule has 0 unspecified atom stereocenters. The lowest BCUT2D eigenvalue weighted by molar-refractivity contribution is -0.121. The van der Waals surface area contributed by atoms with Gasteiger partial charge in [-0.25, -0.2) is 0 Å². The smallest absolute Gasteiger partial charge is 0.244 e. The van der Waals surface area contributed by atoms with Crippen LogP contribution in [-0.4, -0.2) is 23.7 Å². The molecular formula is C15H22N2OS. The quantitative estimate of drug-likeness (QED) is 0.812. The van der Waals surface area contributed by atoms with Crippen LogP contribution in [0.4, 0.5) is 5.69 Å². The molecule has 0 bridgehead atoms. The molecule has 104 valence electrons. The van der Waals surface area contributed by atoms with Crippen molar-refractivity contribution in [1.82, 2.24) is 5.32 Å². The van der Waals surface area contributed by atoms with E-state index in [4.69, 9.17) is 0 Å². The molecule has 1 aromatic rings. The second-order valence-electron chi connectivity index (χ2n) is 5.19. The van der Waals surface area contributed by atoms with Crippen LogP contribution in [0.25, 0.3) is 0 Å². The van der Waals surface area contributed by atoms with Crippen molar-refractivity contribution < 1.29 is 4.79 Å². The Kier molecular flexibility index (Phi) is 4.88. The van der Waals surface area contributed by atoms with Gasteiger partial charge in [0.25, 0.3) is 0 Å². The van der Waals surface area contributed by atoms with E-state index >= 15 is 0 Å². The molecule has 1 aliphatic heterocycles. The Balaban J connectivity index is 1.93. The number of amides is 1. The third-order valence-corrected chi connectivity index (χ3v) is 4.67. The zero-order chi connectivity index (χ0) is 13.7. The van der Waals surface area contributed by atoms with E-state index in [2.05, 4.69) is 29.7 Å². The van der Waals surface area contributed by atoms with Crippen LogP contribution in [0, 0.1) is 0 Å². The highest BCUT2D eigenvalue weighted by Crippen LogP contribution is 2.23. The average molecular weight is 278 g/mol. The number of nitrogens with one attached hydrogen (secondary N) is 2. The van der Waals surface area contributed by atoms with Crippen molar-refractivity contribution in [3.63, 3.8) is 0 Å². The van der Waals surface area contributed by atoms with Crippen molar-refractivity contribution in [1.29, 1.82) is 0 Å². The van der Waals surface area contributed by atoms with E-state index in [1.54, 1.807) is 0 Å². The SMILES string of the molecule is CCCSc1ccc(NC(=O)[C@]2(C)CCCN2)cc1. The summed E-state index contributed by atoms with van der Waals surface area (Å²) in [6, 6.07) is 8.10. The van der Waals surface area contributed by atoms with Gasteiger partial charge < -0.3 is 10.6 Å². The number of rotatable bonds is 5. The fourth-order valence-electron chi connectivity index (χ4n) is 2.21. The molecule has 0 aromatic heterocycles. The van der Waals surface area contributed by atoms with Gasteiger partial charge in [0, 0.05) is 10.6 Å². The van der Waals surface area contributed by atoms with Gasteiger partial charge in [-0.05, 0) is 62.7 Å². The lowest BCUT2D eigenvalue weighted by Gasteiger charge is -2.23. The zero-order valence-corrected chi connectivity index (χ0v) is 12.5. The summed E-state index contributed by atoms with van der Waals surface area (Å²) < 4.78 is 0. The molecule has 1 atom stereocenters. The van der Waals surface area contributed by atoms with Gasteiger partial charge in [0.1, 0.15) is 0 Å². The van der Waals surface area contributed by atoms with E-state index in [-0.39, 0.29) is 5.91 Å². The van der Waals surface area contributed by atoms with Crippen molar-refractivity contribution in [2.24, 2.45) is 0 Å². The van der Waals surface area contributed by atoms with Gasteiger partial charge in [-0.15, -0.1) is 11.8 Å². The first-order valence-corrected chi connectivity index (χ1v) is 7.92. The monoisotopic (exact) mass is 278 g/mol. The number of carbonyl (C=O) groups is 1. The molecule has 19 heavy (non-hydrogen) atoms. The summed E-state index contributed by atoms with van der Waals surface area (Å²) in [5.41, 5.74) is 0.469. The van der Waals surface area contributed by atoms with Gasteiger partial charge >= 0.3 is 0 Å². The minimum atomic E-state index is -0.407. The number of anilines is 1. The van der Waals surface area contributed by atoms with Gasteiger partial charge in [0.15, 0.2) is 0 Å². The van der Waals surface area contributed by atoms with Crippen LogP contribution in [0.1, 0.15) is 33.1 Å². The summed E-state index contributed by atoms with van der Waals surface area (Å²) in [5, 5.41) is 6.27. The summed E-state index contributed by atoms with van der Waals surface area (Å²) in [5.74, 6) is 1.20. The summed E-state index contributed by atoms with van der Waals surface area (Å²) in [6.45, 7) is 5.08. The lowest BCUT2D eigenvalue weighted by Crippen LogP contribution is -2.47. The molecule has 1 saturated heterocycles. The number of hydrogen-bond acceptors (Lipinski definition) is 3. The maximum Gasteiger partial charge on any atom is 0.244 e. The van der Waals surface area contributed by atoms with Crippen molar-refractivity contribution in [2.45, 2.75) is 43.5 Å². The summed E-state index contributed by atoms with van der Waals surface area (Å²) in [4.78, 5) is 13.5. The van der Waals surface area contributed by atoms with Crippen LogP contribution >= 0.6 is 11.8 Å². The molecule has 1 heterocycles. The molecule has 1 aliphatic rings. The van der Waals surface area contributed by atoms with Gasteiger partial charge in [0.2, 0.25) is 5.91 Å². The third-order valence-electron chi connectivity index (χ3n) is 3.45. The highest BCUT2D eigenvalue weighted by atomic mass is 32.2. The van der Waals surface area contributed by atoms with E-state index < -0.39 is 5.54 Å². The molecule has 1 fully saturated rings. The Morgan fingerprint density at radius 1 is 1.42 bits per heavy atom. The van der Waals surface area contributed by atoms with Gasteiger partial charge in [-0.1, -0.05) is 6.92 Å². The number of thioether (sulfide) groups is 1. The van der Waals surface area contributed by atoms with Gasteiger partial charge in [-0.3, -0.25) is 4.79 Å². The minimum Gasteiger partial charge on any atom is -0.324 e. The summed E-state index contributed by atoms with van der Waals surface area (Å²) in [6.07, 6.45) is 3.15. The van der Waals surface area contributed by atoms with E-state index in [1.165, 1.54) is 11.3 Å². The van der Waals surface area contributed by atoms with E-state index in [0.717, 1.165) is 30.8 Å². The van der Waals surface area contributed by atoms with E-state index in [0.29, 0.717) is 0 Å². The maximum absolute atomic E-state index is 12.2. The fraction of sp³-hybridized carbons (Fsp3) is 0.533. The Morgan fingerprint density at radius 3 is 2.74 bits per heavy atom. The molecule has 2 rings (SSSR count). The second kappa shape index (κ2) is 6.44. The van der Waals surface area contributed by atoms with Crippen molar-refractivity contribution in [2.75, 3.05) is 17.6 Å². The van der Waals surface area contributed by atoms with Crippen LogP contribution in [0.15, 0.2) is 29.2 Å². The van der Waals surface area contributed by atoms with E-state index in [9.17, 15) is 4.79 Å². The molecule has 0 aliphatic carbocycles. The first-order valence-electron chi connectivity index (χ1n) is 6.93. The lowest BCUT2D eigenvalue weighted by atomic mass is 9.99. The largest absolute Gasteiger partial charge is 0.324 e. The molecule has 0 spiro atoms. The number of benzene rings is 1. The molecule has 0 radical (unpaired) electrons. The van der Waals surface area contributed by atoms with Crippen LogP contribution in [-0.2, 0) is 4.79 Å².